The van der Waals surface area contributed by atoms with Gasteiger partial charge in [0.25, 0.3) is 0 Å². The Labute approximate surface area is 110 Å². The normalized spacial score (nSPS) is 19.2. The van der Waals surface area contributed by atoms with Gasteiger partial charge in [0, 0.05) is 32.1 Å². The van der Waals surface area contributed by atoms with Gasteiger partial charge < -0.3 is 22.1 Å². The smallest absolute Gasteiger partial charge is 0.522 e. The van der Waals surface area contributed by atoms with Gasteiger partial charge in [0.2, 0.25) is 0 Å². The summed E-state index contributed by atoms with van der Waals surface area (Å²) in [6.07, 6.45) is 0. The van der Waals surface area contributed by atoms with E-state index in [1.54, 1.807) is 21.3 Å². The SMILES string of the molecule is CO[Si](OC)(OC)c1ccc2c(c1)CO[SiH](C)O2. The second-order valence-electron chi connectivity index (χ2n) is 3.99. The molecule has 1 aliphatic rings. The molecule has 0 aromatic heterocycles. The number of fused-ring (bicyclic) bond motifs is 1. The Bertz CT molecular complexity index is 414. The summed E-state index contributed by atoms with van der Waals surface area (Å²) < 4.78 is 27.7. The molecular weight excluding hydrogens is 268 g/mol. The molecular formula is C11H18O5Si2. The van der Waals surface area contributed by atoms with Crippen molar-refractivity contribution in [1.82, 2.24) is 0 Å². The standard InChI is InChI=1S/C11H18O5Si2/c1-12-18(13-2,14-3)10-5-6-11-9(7-10)8-15-17(4)16-11/h5-7,17H,8H2,1-4H3. The van der Waals surface area contributed by atoms with E-state index in [0.717, 1.165) is 16.5 Å². The molecule has 1 aliphatic heterocycles. The van der Waals surface area contributed by atoms with E-state index in [-0.39, 0.29) is 0 Å². The Kier molecular flexibility index (Phi) is 4.20. The fraction of sp³-hybridized carbons (Fsp3) is 0.455. The van der Waals surface area contributed by atoms with E-state index >= 15 is 0 Å². The maximum absolute atomic E-state index is 5.71. The van der Waals surface area contributed by atoms with Crippen molar-refractivity contribution < 1.29 is 22.1 Å². The van der Waals surface area contributed by atoms with Crippen LogP contribution in [0.15, 0.2) is 18.2 Å². The van der Waals surface area contributed by atoms with Crippen molar-refractivity contribution in [2.75, 3.05) is 21.3 Å². The minimum Gasteiger partial charge on any atom is -0.522 e. The highest BCUT2D eigenvalue weighted by Gasteiger charge is 2.41. The molecule has 1 heterocycles. The van der Waals surface area contributed by atoms with Crippen LogP contribution in [0, 0.1) is 0 Å². The third-order valence-corrected chi connectivity index (χ3v) is 6.84. The predicted molar refractivity (Wildman–Crippen MR) is 71.3 cm³/mol. The molecule has 7 heteroatoms. The third kappa shape index (κ3) is 2.37. The first-order valence-corrected chi connectivity index (χ1v) is 9.54. The predicted octanol–water partition coefficient (Wildman–Crippen LogP) is 0.531. The second kappa shape index (κ2) is 5.51. The first kappa shape index (κ1) is 13.7. The van der Waals surface area contributed by atoms with Gasteiger partial charge in [-0.3, -0.25) is 0 Å². The summed E-state index contributed by atoms with van der Waals surface area (Å²) in [6.45, 7) is 2.59. The first-order valence-electron chi connectivity index (χ1n) is 5.72. The van der Waals surface area contributed by atoms with Gasteiger partial charge in [0.15, 0.2) is 0 Å². The lowest BCUT2D eigenvalue weighted by molar-refractivity contribution is 0.140. The van der Waals surface area contributed by atoms with Crippen LogP contribution in [0.3, 0.4) is 0 Å². The van der Waals surface area contributed by atoms with Gasteiger partial charge in [-0.15, -0.1) is 0 Å². The topological polar surface area (TPSA) is 46.2 Å². The highest BCUT2D eigenvalue weighted by atomic mass is 28.4. The van der Waals surface area contributed by atoms with Gasteiger partial charge in [-0.25, -0.2) is 0 Å². The summed E-state index contributed by atoms with van der Waals surface area (Å²) >= 11 is 0. The van der Waals surface area contributed by atoms with Gasteiger partial charge in [-0.1, -0.05) is 6.07 Å². The average Bonchev–Trinajstić information content (AvgIpc) is 2.41. The van der Waals surface area contributed by atoms with Crippen molar-refractivity contribution in [3.63, 3.8) is 0 Å². The summed E-state index contributed by atoms with van der Waals surface area (Å²) in [5.41, 5.74) is 1.01. The molecule has 0 spiro atoms. The maximum Gasteiger partial charge on any atom is 0.536 e. The van der Waals surface area contributed by atoms with Gasteiger partial charge in [-0.2, -0.15) is 0 Å². The zero-order valence-corrected chi connectivity index (χ0v) is 13.2. The van der Waals surface area contributed by atoms with E-state index in [2.05, 4.69) is 0 Å². The van der Waals surface area contributed by atoms with Gasteiger partial charge >= 0.3 is 18.1 Å². The summed E-state index contributed by atoms with van der Waals surface area (Å²) in [7, 11) is 0.531. The Hall–Kier alpha value is -0.706. The van der Waals surface area contributed by atoms with Crippen LogP contribution in [0.5, 0.6) is 5.75 Å². The Morgan fingerprint density at radius 1 is 1.17 bits per heavy atom. The molecule has 1 aromatic rings. The van der Waals surface area contributed by atoms with Crippen LogP contribution < -0.4 is 9.61 Å². The van der Waals surface area contributed by atoms with Crippen LogP contribution in [-0.4, -0.2) is 39.4 Å². The van der Waals surface area contributed by atoms with Gasteiger partial charge in [0.05, 0.1) is 6.61 Å². The lowest BCUT2D eigenvalue weighted by atomic mass is 10.2. The number of hydrogen-bond donors (Lipinski definition) is 0. The molecule has 0 radical (unpaired) electrons. The molecule has 100 valence electrons. The maximum atomic E-state index is 5.71. The molecule has 0 aliphatic carbocycles. The van der Waals surface area contributed by atoms with Crippen molar-refractivity contribution in [2.45, 2.75) is 13.2 Å². The monoisotopic (exact) mass is 286 g/mol. The molecule has 0 N–H and O–H groups in total. The van der Waals surface area contributed by atoms with Crippen molar-refractivity contribution in [3.05, 3.63) is 23.8 Å². The molecule has 0 amide bonds. The van der Waals surface area contributed by atoms with Crippen molar-refractivity contribution in [3.8, 4) is 5.75 Å². The van der Waals surface area contributed by atoms with Crippen molar-refractivity contribution in [1.29, 1.82) is 0 Å². The van der Waals surface area contributed by atoms with E-state index in [1.807, 2.05) is 24.7 Å². The largest absolute Gasteiger partial charge is 0.536 e. The highest BCUT2D eigenvalue weighted by molar-refractivity contribution is 6.75. The minimum atomic E-state index is -2.77. The summed E-state index contributed by atoms with van der Waals surface area (Å²) in [4.78, 5) is 0. The zero-order valence-electron chi connectivity index (χ0n) is 11.1. The van der Waals surface area contributed by atoms with Crippen molar-refractivity contribution >= 4 is 23.3 Å². The van der Waals surface area contributed by atoms with Crippen molar-refractivity contribution in [2.24, 2.45) is 0 Å². The summed E-state index contributed by atoms with van der Waals surface area (Å²) in [5.74, 6) is 0.898. The van der Waals surface area contributed by atoms with Gasteiger partial charge in [0.1, 0.15) is 5.75 Å². The number of hydrogen-bond acceptors (Lipinski definition) is 5. The van der Waals surface area contributed by atoms with Crippen LogP contribution in [0.25, 0.3) is 0 Å². The van der Waals surface area contributed by atoms with Crippen LogP contribution in [-0.2, 0) is 24.3 Å². The van der Waals surface area contributed by atoms with Crippen LogP contribution in [0.1, 0.15) is 5.56 Å². The van der Waals surface area contributed by atoms with E-state index in [4.69, 9.17) is 22.1 Å². The summed E-state index contributed by atoms with van der Waals surface area (Å²) in [6, 6.07) is 5.86. The molecule has 0 bridgehead atoms. The number of rotatable bonds is 4. The van der Waals surface area contributed by atoms with E-state index in [9.17, 15) is 0 Å². The fourth-order valence-corrected chi connectivity index (χ4v) is 4.94. The fourth-order valence-electron chi connectivity index (χ4n) is 2.02. The van der Waals surface area contributed by atoms with Gasteiger partial charge in [-0.05, 0) is 18.7 Å². The lowest BCUT2D eigenvalue weighted by Crippen LogP contribution is -2.54. The molecule has 1 aromatic carbocycles. The first-order chi connectivity index (χ1) is 8.65. The second-order valence-corrected chi connectivity index (χ2v) is 8.61. The van der Waals surface area contributed by atoms with Crippen LogP contribution >= 0.6 is 0 Å². The third-order valence-electron chi connectivity index (χ3n) is 2.99. The molecule has 1 unspecified atom stereocenters. The molecule has 5 nitrogen and oxygen atoms in total. The molecule has 18 heavy (non-hydrogen) atoms. The van der Waals surface area contributed by atoms with E-state index < -0.39 is 18.1 Å². The number of benzene rings is 1. The quantitative estimate of drug-likeness (QED) is 0.756. The van der Waals surface area contributed by atoms with Crippen LogP contribution in [0.2, 0.25) is 6.55 Å². The molecule has 1 atom stereocenters. The molecule has 0 saturated carbocycles. The molecule has 2 rings (SSSR count). The van der Waals surface area contributed by atoms with E-state index in [1.165, 1.54) is 0 Å². The lowest BCUT2D eigenvalue weighted by Gasteiger charge is -2.27. The Balaban J connectivity index is 2.36. The average molecular weight is 286 g/mol. The zero-order chi connectivity index (χ0) is 13.2. The Morgan fingerprint density at radius 2 is 1.83 bits per heavy atom. The highest BCUT2D eigenvalue weighted by Crippen LogP contribution is 2.24. The molecule has 0 fully saturated rings. The summed E-state index contributed by atoms with van der Waals surface area (Å²) in [5, 5.41) is 0.914. The Morgan fingerprint density at radius 3 is 2.44 bits per heavy atom. The van der Waals surface area contributed by atoms with E-state index in [0.29, 0.717) is 6.61 Å². The van der Waals surface area contributed by atoms with Crippen LogP contribution in [0.4, 0.5) is 0 Å². The molecule has 0 saturated heterocycles. The minimum absolute atomic E-state index is 0.582.